The summed E-state index contributed by atoms with van der Waals surface area (Å²) in [6, 6.07) is 22.8. The second-order valence-electron chi connectivity index (χ2n) is 5.06. The summed E-state index contributed by atoms with van der Waals surface area (Å²) >= 11 is 0. The van der Waals surface area contributed by atoms with Crippen LogP contribution in [0.4, 0.5) is 0 Å². The SMILES string of the molecule is O=c1cc(-c2ccco2)c2ccccc2n1-c1ccccc1. The van der Waals surface area contributed by atoms with Crippen LogP contribution in [0.15, 0.2) is 88.3 Å². The predicted octanol–water partition coefficient (Wildman–Crippen LogP) is 4.25. The van der Waals surface area contributed by atoms with Gasteiger partial charge in [0.25, 0.3) is 5.56 Å². The Morgan fingerprint density at radius 2 is 1.59 bits per heavy atom. The van der Waals surface area contributed by atoms with E-state index in [2.05, 4.69) is 0 Å². The van der Waals surface area contributed by atoms with Gasteiger partial charge >= 0.3 is 0 Å². The monoisotopic (exact) mass is 287 g/mol. The van der Waals surface area contributed by atoms with Gasteiger partial charge in [-0.3, -0.25) is 9.36 Å². The lowest BCUT2D eigenvalue weighted by Gasteiger charge is -2.12. The molecule has 0 radical (unpaired) electrons. The van der Waals surface area contributed by atoms with Crippen LogP contribution in [0, 0.1) is 0 Å². The molecule has 4 rings (SSSR count). The first-order valence-electron chi connectivity index (χ1n) is 7.09. The summed E-state index contributed by atoms with van der Waals surface area (Å²) in [7, 11) is 0. The van der Waals surface area contributed by atoms with Crippen LogP contribution in [0.2, 0.25) is 0 Å². The summed E-state index contributed by atoms with van der Waals surface area (Å²) in [5.41, 5.74) is 2.47. The van der Waals surface area contributed by atoms with E-state index in [4.69, 9.17) is 4.42 Å². The van der Waals surface area contributed by atoms with E-state index in [1.54, 1.807) is 16.9 Å². The lowest BCUT2D eigenvalue weighted by atomic mass is 10.1. The molecule has 106 valence electrons. The molecule has 0 bridgehead atoms. The van der Waals surface area contributed by atoms with Crippen molar-refractivity contribution < 1.29 is 4.42 Å². The number of benzene rings is 2. The topological polar surface area (TPSA) is 35.1 Å². The Labute approximate surface area is 127 Å². The Morgan fingerprint density at radius 1 is 0.818 bits per heavy atom. The van der Waals surface area contributed by atoms with Crippen LogP contribution in [0.3, 0.4) is 0 Å². The van der Waals surface area contributed by atoms with Crippen LogP contribution in [0.5, 0.6) is 0 Å². The molecule has 3 nitrogen and oxygen atoms in total. The number of fused-ring (bicyclic) bond motifs is 1. The Morgan fingerprint density at radius 3 is 2.36 bits per heavy atom. The molecule has 3 heteroatoms. The van der Waals surface area contributed by atoms with Gasteiger partial charge in [0.1, 0.15) is 5.76 Å². The van der Waals surface area contributed by atoms with Gasteiger partial charge in [-0.25, -0.2) is 0 Å². The summed E-state index contributed by atoms with van der Waals surface area (Å²) in [5, 5.41) is 0.987. The van der Waals surface area contributed by atoms with Crippen molar-refractivity contribution >= 4 is 10.9 Å². The second-order valence-corrected chi connectivity index (χ2v) is 5.06. The van der Waals surface area contributed by atoms with E-state index in [-0.39, 0.29) is 5.56 Å². The van der Waals surface area contributed by atoms with E-state index in [9.17, 15) is 4.79 Å². The maximum atomic E-state index is 12.7. The van der Waals surface area contributed by atoms with Crippen LogP contribution in [-0.2, 0) is 0 Å². The van der Waals surface area contributed by atoms with Crippen molar-refractivity contribution in [2.75, 3.05) is 0 Å². The molecule has 0 aliphatic carbocycles. The van der Waals surface area contributed by atoms with Crippen LogP contribution in [0.1, 0.15) is 0 Å². The fraction of sp³-hybridized carbons (Fsp3) is 0. The molecule has 2 aromatic heterocycles. The zero-order chi connectivity index (χ0) is 14.9. The fourth-order valence-electron chi connectivity index (χ4n) is 2.76. The molecule has 0 atom stereocenters. The van der Waals surface area contributed by atoms with Crippen molar-refractivity contribution in [1.82, 2.24) is 4.57 Å². The molecule has 0 amide bonds. The van der Waals surface area contributed by atoms with Gasteiger partial charge in [-0.1, -0.05) is 36.4 Å². The van der Waals surface area contributed by atoms with Gasteiger partial charge in [0.15, 0.2) is 0 Å². The summed E-state index contributed by atoms with van der Waals surface area (Å²) < 4.78 is 7.20. The molecule has 0 saturated carbocycles. The number of pyridine rings is 1. The molecule has 0 unspecified atom stereocenters. The highest BCUT2D eigenvalue weighted by atomic mass is 16.3. The third kappa shape index (κ3) is 1.95. The Balaban J connectivity index is 2.11. The summed E-state index contributed by atoms with van der Waals surface area (Å²) in [5.74, 6) is 0.702. The minimum absolute atomic E-state index is 0.0729. The smallest absolute Gasteiger partial charge is 0.256 e. The molecule has 0 spiro atoms. The maximum Gasteiger partial charge on any atom is 0.256 e. The van der Waals surface area contributed by atoms with Gasteiger partial charge in [-0.15, -0.1) is 0 Å². The number of aromatic nitrogens is 1. The average Bonchev–Trinajstić information content (AvgIpc) is 3.09. The first kappa shape index (κ1) is 12.7. The van der Waals surface area contributed by atoms with E-state index in [1.165, 1.54) is 0 Å². The van der Waals surface area contributed by atoms with Gasteiger partial charge in [0.05, 0.1) is 11.8 Å². The second kappa shape index (κ2) is 5.04. The highest BCUT2D eigenvalue weighted by Crippen LogP contribution is 2.28. The van der Waals surface area contributed by atoms with E-state index >= 15 is 0 Å². The largest absolute Gasteiger partial charge is 0.464 e. The first-order chi connectivity index (χ1) is 10.8. The van der Waals surface area contributed by atoms with E-state index in [1.807, 2.05) is 66.7 Å². The minimum Gasteiger partial charge on any atom is -0.464 e. The molecule has 2 heterocycles. The van der Waals surface area contributed by atoms with Gasteiger partial charge < -0.3 is 4.42 Å². The molecule has 2 aromatic carbocycles. The molecule has 22 heavy (non-hydrogen) atoms. The molecular formula is C19H13NO2. The highest BCUT2D eigenvalue weighted by molar-refractivity contribution is 5.94. The summed E-state index contributed by atoms with van der Waals surface area (Å²) in [6.45, 7) is 0. The van der Waals surface area contributed by atoms with Gasteiger partial charge in [0, 0.05) is 22.7 Å². The fourth-order valence-corrected chi connectivity index (χ4v) is 2.76. The van der Waals surface area contributed by atoms with Crippen molar-refractivity contribution in [3.63, 3.8) is 0 Å². The van der Waals surface area contributed by atoms with E-state index < -0.39 is 0 Å². The molecule has 0 fully saturated rings. The minimum atomic E-state index is -0.0729. The summed E-state index contributed by atoms with van der Waals surface area (Å²) in [4.78, 5) is 12.7. The number of hydrogen-bond acceptors (Lipinski definition) is 2. The molecule has 0 aliphatic heterocycles. The predicted molar refractivity (Wildman–Crippen MR) is 87.2 cm³/mol. The Kier molecular flexibility index (Phi) is 2.90. The van der Waals surface area contributed by atoms with E-state index in [0.717, 1.165) is 22.2 Å². The Bertz CT molecular complexity index is 983. The maximum absolute atomic E-state index is 12.7. The molecule has 0 saturated heterocycles. The van der Waals surface area contributed by atoms with Crippen molar-refractivity contribution in [2.24, 2.45) is 0 Å². The van der Waals surface area contributed by atoms with Crippen molar-refractivity contribution in [3.8, 4) is 17.0 Å². The molecule has 0 N–H and O–H groups in total. The van der Waals surface area contributed by atoms with Crippen LogP contribution < -0.4 is 5.56 Å². The van der Waals surface area contributed by atoms with Gasteiger partial charge in [0.2, 0.25) is 0 Å². The van der Waals surface area contributed by atoms with Crippen LogP contribution in [-0.4, -0.2) is 4.57 Å². The molecular weight excluding hydrogens is 274 g/mol. The highest BCUT2D eigenvalue weighted by Gasteiger charge is 2.12. The first-order valence-corrected chi connectivity index (χ1v) is 7.09. The van der Waals surface area contributed by atoms with Crippen LogP contribution >= 0.6 is 0 Å². The Hall–Kier alpha value is -3.07. The third-order valence-electron chi connectivity index (χ3n) is 3.72. The lowest BCUT2D eigenvalue weighted by molar-refractivity contribution is 0.583. The number of nitrogens with zero attached hydrogens (tertiary/aromatic N) is 1. The van der Waals surface area contributed by atoms with E-state index in [0.29, 0.717) is 5.76 Å². The van der Waals surface area contributed by atoms with Crippen molar-refractivity contribution in [1.29, 1.82) is 0 Å². The van der Waals surface area contributed by atoms with Crippen molar-refractivity contribution in [3.05, 3.63) is 89.4 Å². The number of furan rings is 1. The van der Waals surface area contributed by atoms with Gasteiger partial charge in [-0.05, 0) is 30.3 Å². The van der Waals surface area contributed by atoms with Crippen molar-refractivity contribution in [2.45, 2.75) is 0 Å². The zero-order valence-electron chi connectivity index (χ0n) is 11.8. The summed E-state index contributed by atoms with van der Waals surface area (Å²) in [6.07, 6.45) is 1.62. The average molecular weight is 287 g/mol. The molecule has 4 aromatic rings. The van der Waals surface area contributed by atoms with Crippen LogP contribution in [0.25, 0.3) is 27.9 Å². The normalized spacial score (nSPS) is 10.9. The third-order valence-corrected chi connectivity index (χ3v) is 3.72. The lowest BCUT2D eigenvalue weighted by Crippen LogP contribution is -2.18. The van der Waals surface area contributed by atoms with Gasteiger partial charge in [-0.2, -0.15) is 0 Å². The number of rotatable bonds is 2. The zero-order valence-corrected chi connectivity index (χ0v) is 11.8. The molecule has 0 aliphatic rings. The standard InChI is InChI=1S/C19H13NO2/c21-19-13-16(18-11-6-12-22-18)15-9-4-5-10-17(15)20(19)14-7-2-1-3-8-14/h1-13H. The number of para-hydroxylation sites is 2. The quantitative estimate of drug-likeness (QED) is 0.552. The number of hydrogen-bond donors (Lipinski definition) is 0.